The second-order valence-corrected chi connectivity index (χ2v) is 14.4. The van der Waals surface area contributed by atoms with Gasteiger partial charge in [0.1, 0.15) is 6.04 Å². The van der Waals surface area contributed by atoms with Gasteiger partial charge in [-0.3, -0.25) is 0 Å². The fourth-order valence-electron chi connectivity index (χ4n) is 10.3. The first-order chi connectivity index (χ1) is 17.2. The van der Waals surface area contributed by atoms with Gasteiger partial charge in [0.05, 0.1) is 19.7 Å². The Kier molecular flexibility index (Phi) is 7.84. The smallest absolute Gasteiger partial charge is 0.409 e. The summed E-state index contributed by atoms with van der Waals surface area (Å²) in [5.41, 5.74) is 2.66. The Labute approximate surface area is 221 Å². The minimum absolute atomic E-state index is 0.159. The summed E-state index contributed by atoms with van der Waals surface area (Å²) >= 11 is 0. The number of hydrogen-bond acceptors (Lipinski definition) is 2. The number of nitrogens with two attached hydrogens (primary N) is 1. The predicted octanol–water partition coefficient (Wildman–Crippen LogP) is 6.41. The van der Waals surface area contributed by atoms with Crippen molar-refractivity contribution in [1.82, 2.24) is 4.90 Å². The molecule has 4 heteroatoms. The molecular weight excluding hydrogens is 444 g/mol. The number of likely N-dealkylation sites (N-methyl/N-ethyl adjacent to an activating group) is 1. The maximum absolute atomic E-state index is 12.4. The second kappa shape index (κ2) is 10.6. The number of nitrogens with zero attached hydrogens (tertiary/aromatic N) is 1. The van der Waals surface area contributed by atoms with Crippen molar-refractivity contribution in [2.24, 2.45) is 46.3 Å². The van der Waals surface area contributed by atoms with E-state index in [0.29, 0.717) is 23.5 Å². The maximum Gasteiger partial charge on any atom is 0.409 e. The van der Waals surface area contributed by atoms with Crippen LogP contribution in [0.4, 0.5) is 4.79 Å². The molecule has 5 fully saturated rings. The Hall–Kier alpha value is -1.03. The predicted molar refractivity (Wildman–Crippen MR) is 147 cm³/mol. The van der Waals surface area contributed by atoms with Crippen molar-refractivity contribution in [3.8, 4) is 0 Å². The molecule has 1 aliphatic heterocycles. The summed E-state index contributed by atoms with van der Waals surface area (Å²) < 4.78 is 5.63. The maximum atomic E-state index is 12.4. The van der Waals surface area contributed by atoms with E-state index in [2.05, 4.69) is 39.1 Å². The van der Waals surface area contributed by atoms with Crippen LogP contribution in [0.15, 0.2) is 11.6 Å². The molecule has 4 aliphatic carbocycles. The van der Waals surface area contributed by atoms with E-state index >= 15 is 0 Å². The molecule has 0 aromatic carbocycles. The van der Waals surface area contributed by atoms with E-state index in [4.69, 9.17) is 4.74 Å². The van der Waals surface area contributed by atoms with Gasteiger partial charge in [0.15, 0.2) is 0 Å². The number of hydrogen-bond donors (Lipinski definition) is 1. The molecule has 4 saturated carbocycles. The van der Waals surface area contributed by atoms with Crippen LogP contribution in [0.5, 0.6) is 0 Å². The van der Waals surface area contributed by atoms with Gasteiger partial charge in [-0.05, 0) is 111 Å². The summed E-state index contributed by atoms with van der Waals surface area (Å²) in [6, 6.07) is 0.551. The van der Waals surface area contributed by atoms with Crippen molar-refractivity contribution < 1.29 is 14.8 Å². The highest BCUT2D eigenvalue weighted by atomic mass is 16.6. The van der Waals surface area contributed by atoms with Crippen LogP contribution in [0.1, 0.15) is 105 Å². The standard InChI is InChI=1S/C32H54N2O2/c1-22-14-16-31(3)24(20-22)10-11-26-28-13-12-27(32(28,4)17-15-29(26)31)23(2)8-7-19-36-30(35)34(5)21-25-9-6-18-33-25/h8,22,24-29,33H,6-7,9-21H2,1-5H3/p+1/b23-8+/t22-,24?,25-,26-,27+,28?,29?,31-,32+/m0/s1. The zero-order valence-electron chi connectivity index (χ0n) is 24.1. The number of rotatable bonds is 6. The fraction of sp³-hybridized carbons (Fsp3) is 0.906. The lowest BCUT2D eigenvalue weighted by Crippen LogP contribution is -2.88. The third kappa shape index (κ3) is 4.90. The molecule has 2 N–H and O–H groups in total. The van der Waals surface area contributed by atoms with Crippen molar-refractivity contribution in [2.75, 3.05) is 26.7 Å². The third-order valence-electron chi connectivity index (χ3n) is 12.4. The molecule has 204 valence electrons. The van der Waals surface area contributed by atoms with E-state index in [1.165, 1.54) is 77.2 Å². The SMILES string of the molecule is C/C(=C\CCOC(=O)N(C)C[C@@H]1CCC[NH2+]1)[C@H]1CCC2[C@@H]3CCC4C[C@@H](C)CC[C@]4(C)C3CC[C@@]21C. The van der Waals surface area contributed by atoms with E-state index < -0.39 is 0 Å². The quantitative estimate of drug-likeness (QED) is 0.339. The van der Waals surface area contributed by atoms with E-state index in [9.17, 15) is 4.79 Å². The highest BCUT2D eigenvalue weighted by molar-refractivity contribution is 5.67. The van der Waals surface area contributed by atoms with Crippen molar-refractivity contribution in [1.29, 1.82) is 0 Å². The summed E-state index contributed by atoms with van der Waals surface area (Å²) in [6.45, 7) is 12.7. The number of ether oxygens (including phenoxy) is 1. The van der Waals surface area contributed by atoms with Crippen LogP contribution in [0.3, 0.4) is 0 Å². The molecule has 9 atom stereocenters. The number of carbonyl (C=O) groups excluding carboxylic acids is 1. The van der Waals surface area contributed by atoms with Crippen LogP contribution in [0.25, 0.3) is 0 Å². The molecule has 0 spiro atoms. The Morgan fingerprint density at radius 1 is 1.03 bits per heavy atom. The number of allylic oxidation sites excluding steroid dienone is 1. The second-order valence-electron chi connectivity index (χ2n) is 14.4. The summed E-state index contributed by atoms with van der Waals surface area (Å²) in [6.07, 6.45) is 18.7. The molecule has 3 unspecified atom stereocenters. The third-order valence-corrected chi connectivity index (χ3v) is 12.4. The largest absolute Gasteiger partial charge is 0.449 e. The van der Waals surface area contributed by atoms with Gasteiger partial charge < -0.3 is 15.0 Å². The molecule has 4 nitrogen and oxygen atoms in total. The van der Waals surface area contributed by atoms with Gasteiger partial charge >= 0.3 is 6.09 Å². The fourth-order valence-corrected chi connectivity index (χ4v) is 10.3. The lowest BCUT2D eigenvalue weighted by atomic mass is 9.44. The normalized spacial score (nSPS) is 44.5. The monoisotopic (exact) mass is 499 g/mol. The molecule has 0 radical (unpaired) electrons. The Balaban J connectivity index is 1.15. The van der Waals surface area contributed by atoms with Gasteiger partial charge in [-0.15, -0.1) is 0 Å². The lowest BCUT2D eigenvalue weighted by Gasteiger charge is -2.61. The molecule has 5 aliphatic rings. The molecule has 1 heterocycles. The Morgan fingerprint density at radius 2 is 1.81 bits per heavy atom. The number of carbonyl (C=O) groups is 1. The Morgan fingerprint density at radius 3 is 2.58 bits per heavy atom. The molecule has 1 saturated heterocycles. The summed E-state index contributed by atoms with van der Waals surface area (Å²) in [5, 5.41) is 2.36. The highest BCUT2D eigenvalue weighted by Gasteiger charge is 2.60. The van der Waals surface area contributed by atoms with Crippen LogP contribution >= 0.6 is 0 Å². The molecule has 0 bridgehead atoms. The van der Waals surface area contributed by atoms with Crippen molar-refractivity contribution in [2.45, 2.75) is 111 Å². The first-order valence-electron chi connectivity index (χ1n) is 15.6. The van der Waals surface area contributed by atoms with Gasteiger partial charge in [0, 0.05) is 19.9 Å². The summed E-state index contributed by atoms with van der Waals surface area (Å²) in [7, 11) is 1.88. The summed E-state index contributed by atoms with van der Waals surface area (Å²) in [5.74, 6) is 5.51. The lowest BCUT2D eigenvalue weighted by molar-refractivity contribution is -0.669. The van der Waals surface area contributed by atoms with Crippen LogP contribution in [-0.4, -0.2) is 43.8 Å². The first kappa shape index (κ1) is 26.6. The average Bonchev–Trinajstić information content (AvgIpc) is 3.49. The minimum Gasteiger partial charge on any atom is -0.449 e. The zero-order chi connectivity index (χ0) is 25.5. The molecule has 1 amide bonds. The van der Waals surface area contributed by atoms with E-state index in [1.54, 1.807) is 10.5 Å². The van der Waals surface area contributed by atoms with Crippen LogP contribution in [-0.2, 0) is 4.74 Å². The van der Waals surface area contributed by atoms with Gasteiger partial charge in [-0.25, -0.2) is 4.79 Å². The number of quaternary nitrogens is 1. The van der Waals surface area contributed by atoms with Crippen molar-refractivity contribution in [3.63, 3.8) is 0 Å². The molecule has 5 rings (SSSR count). The molecule has 36 heavy (non-hydrogen) atoms. The van der Waals surface area contributed by atoms with E-state index in [0.717, 1.165) is 48.5 Å². The Bertz CT molecular complexity index is 819. The van der Waals surface area contributed by atoms with Gasteiger partial charge in [0.25, 0.3) is 0 Å². The van der Waals surface area contributed by atoms with E-state index in [1.807, 2.05) is 7.05 Å². The highest BCUT2D eigenvalue weighted by Crippen LogP contribution is 2.68. The summed E-state index contributed by atoms with van der Waals surface area (Å²) in [4.78, 5) is 14.2. The van der Waals surface area contributed by atoms with Crippen LogP contribution < -0.4 is 5.32 Å². The molecule has 0 aromatic rings. The number of amides is 1. The van der Waals surface area contributed by atoms with Gasteiger partial charge in [-0.1, -0.05) is 38.8 Å². The topological polar surface area (TPSA) is 46.1 Å². The molecule has 0 aromatic heterocycles. The van der Waals surface area contributed by atoms with E-state index in [-0.39, 0.29) is 6.09 Å². The number of fused-ring (bicyclic) bond motifs is 5. The van der Waals surface area contributed by atoms with Crippen LogP contribution in [0.2, 0.25) is 0 Å². The van der Waals surface area contributed by atoms with Gasteiger partial charge in [-0.2, -0.15) is 0 Å². The van der Waals surface area contributed by atoms with Crippen LogP contribution in [0, 0.1) is 46.3 Å². The average molecular weight is 500 g/mol. The van der Waals surface area contributed by atoms with Crippen molar-refractivity contribution >= 4 is 6.09 Å². The van der Waals surface area contributed by atoms with Crippen molar-refractivity contribution in [3.05, 3.63) is 11.6 Å². The molecular formula is C32H55N2O2+. The van der Waals surface area contributed by atoms with Gasteiger partial charge in [0.2, 0.25) is 0 Å². The first-order valence-corrected chi connectivity index (χ1v) is 15.6. The zero-order valence-corrected chi connectivity index (χ0v) is 24.1. The minimum atomic E-state index is -0.159.